The van der Waals surface area contributed by atoms with Gasteiger partial charge in [-0.15, -0.1) is 0 Å². The third-order valence-electron chi connectivity index (χ3n) is 4.10. The topological polar surface area (TPSA) is 33.7 Å². The number of piperidine rings is 1. The highest BCUT2D eigenvalue weighted by Gasteiger charge is 2.55. The molecule has 4 heteroatoms. The molecular weight excluding hydrogens is 240 g/mol. The number of likely N-dealkylation sites (tertiary alicyclic amines) is 1. The quantitative estimate of drug-likeness (QED) is 0.350. The molecule has 1 unspecified atom stereocenters. The average Bonchev–Trinajstić information content (AvgIpc) is 2.89. The van der Waals surface area contributed by atoms with Gasteiger partial charge in [-0.1, -0.05) is 30.3 Å². The van der Waals surface area contributed by atoms with Crippen LogP contribution in [-0.4, -0.2) is 37.4 Å². The second-order valence-corrected chi connectivity index (χ2v) is 5.41. The number of nitrogens with one attached hydrogen (secondary N) is 1. The number of hydrogen-bond acceptors (Lipinski definition) is 4. The molecule has 1 saturated carbocycles. The van der Waals surface area contributed by atoms with E-state index in [1.165, 1.54) is 18.7 Å². The molecule has 0 radical (unpaired) electrons. The minimum Gasteiger partial charge on any atom is -0.298 e. The number of fused-ring (bicyclic) bond motifs is 1. The standard InChI is InChI=1S/C15H22N2O2/c1-2-18-19-11-16-15-13-9-17(10-14(13)15)8-12-6-4-3-5-7-12/h3-7,13-16H,2,8-11H2,1H3/t13-,14+,15?. The van der Waals surface area contributed by atoms with Crippen molar-refractivity contribution in [2.45, 2.75) is 19.5 Å². The molecule has 0 aromatic heterocycles. The number of benzene rings is 1. The Bertz CT molecular complexity index is 386. The fourth-order valence-corrected chi connectivity index (χ4v) is 3.14. The molecule has 3 atom stereocenters. The Balaban J connectivity index is 1.36. The van der Waals surface area contributed by atoms with E-state index in [0.29, 0.717) is 19.4 Å². The second kappa shape index (κ2) is 6.01. The van der Waals surface area contributed by atoms with Gasteiger partial charge in [0.25, 0.3) is 0 Å². The van der Waals surface area contributed by atoms with Gasteiger partial charge in [-0.05, 0) is 24.3 Å². The maximum absolute atomic E-state index is 5.00. The van der Waals surface area contributed by atoms with E-state index >= 15 is 0 Å². The molecule has 4 nitrogen and oxygen atoms in total. The van der Waals surface area contributed by atoms with Gasteiger partial charge in [-0.2, -0.15) is 0 Å². The fraction of sp³-hybridized carbons (Fsp3) is 0.600. The summed E-state index contributed by atoms with van der Waals surface area (Å²) in [5.41, 5.74) is 1.41. The van der Waals surface area contributed by atoms with Gasteiger partial charge >= 0.3 is 0 Å². The van der Waals surface area contributed by atoms with Crippen LogP contribution in [0.1, 0.15) is 12.5 Å². The molecule has 1 aliphatic carbocycles. The third-order valence-corrected chi connectivity index (χ3v) is 4.10. The first-order valence-corrected chi connectivity index (χ1v) is 7.12. The Morgan fingerprint density at radius 3 is 2.58 bits per heavy atom. The molecule has 0 spiro atoms. The van der Waals surface area contributed by atoms with Gasteiger partial charge < -0.3 is 0 Å². The van der Waals surface area contributed by atoms with E-state index in [9.17, 15) is 0 Å². The highest BCUT2D eigenvalue weighted by molar-refractivity contribution is 5.16. The monoisotopic (exact) mass is 262 g/mol. The molecule has 1 N–H and O–H groups in total. The molecule has 19 heavy (non-hydrogen) atoms. The lowest BCUT2D eigenvalue weighted by Gasteiger charge is -2.19. The van der Waals surface area contributed by atoms with Crippen LogP contribution in [0.25, 0.3) is 0 Å². The van der Waals surface area contributed by atoms with Crippen LogP contribution in [0.5, 0.6) is 0 Å². The second-order valence-electron chi connectivity index (χ2n) is 5.41. The van der Waals surface area contributed by atoms with Crippen molar-refractivity contribution in [3.63, 3.8) is 0 Å². The van der Waals surface area contributed by atoms with Crippen molar-refractivity contribution in [1.82, 2.24) is 10.2 Å². The average molecular weight is 262 g/mol. The maximum Gasteiger partial charge on any atom is 0.133 e. The number of nitrogens with zero attached hydrogens (tertiary/aromatic N) is 1. The van der Waals surface area contributed by atoms with E-state index in [0.717, 1.165) is 18.4 Å². The predicted molar refractivity (Wildman–Crippen MR) is 73.2 cm³/mol. The zero-order valence-electron chi connectivity index (χ0n) is 11.4. The molecule has 1 aromatic rings. The zero-order chi connectivity index (χ0) is 13.1. The normalized spacial score (nSPS) is 29.4. The SMILES string of the molecule is CCOOCNC1[C@H]2CN(Cc3ccccc3)C[C@@H]12. The van der Waals surface area contributed by atoms with Crippen molar-refractivity contribution in [3.05, 3.63) is 35.9 Å². The highest BCUT2D eigenvalue weighted by atomic mass is 17.2. The van der Waals surface area contributed by atoms with Gasteiger partial charge in [0.15, 0.2) is 0 Å². The molecule has 3 rings (SSSR count). The van der Waals surface area contributed by atoms with E-state index in [1.807, 2.05) is 6.92 Å². The van der Waals surface area contributed by atoms with Crippen molar-refractivity contribution in [1.29, 1.82) is 0 Å². The highest BCUT2D eigenvalue weighted by Crippen LogP contribution is 2.45. The summed E-state index contributed by atoms with van der Waals surface area (Å²) >= 11 is 0. The molecule has 2 fully saturated rings. The maximum atomic E-state index is 5.00. The minimum atomic E-state index is 0.504. The van der Waals surface area contributed by atoms with Crippen molar-refractivity contribution < 1.29 is 9.78 Å². The van der Waals surface area contributed by atoms with Crippen LogP contribution in [0.2, 0.25) is 0 Å². The Kier molecular flexibility index (Phi) is 4.13. The lowest BCUT2D eigenvalue weighted by atomic mass is 10.2. The largest absolute Gasteiger partial charge is 0.298 e. The van der Waals surface area contributed by atoms with Crippen LogP contribution in [0.4, 0.5) is 0 Å². The van der Waals surface area contributed by atoms with Crippen LogP contribution >= 0.6 is 0 Å². The lowest BCUT2D eigenvalue weighted by molar-refractivity contribution is -0.295. The first-order valence-electron chi connectivity index (χ1n) is 7.12. The van der Waals surface area contributed by atoms with Gasteiger partial charge in [0.1, 0.15) is 6.73 Å². The Morgan fingerprint density at radius 2 is 1.89 bits per heavy atom. The molecule has 104 valence electrons. The Hall–Kier alpha value is -0.940. The van der Waals surface area contributed by atoms with Crippen molar-refractivity contribution in [2.75, 3.05) is 26.4 Å². The lowest BCUT2D eigenvalue weighted by Crippen LogP contribution is -2.32. The predicted octanol–water partition coefficient (Wildman–Crippen LogP) is 1.63. The minimum absolute atomic E-state index is 0.504. The summed E-state index contributed by atoms with van der Waals surface area (Å²) in [6.45, 7) is 6.51. The number of hydrogen-bond donors (Lipinski definition) is 1. The van der Waals surface area contributed by atoms with Crippen molar-refractivity contribution in [2.24, 2.45) is 11.8 Å². The van der Waals surface area contributed by atoms with E-state index in [4.69, 9.17) is 9.78 Å². The van der Waals surface area contributed by atoms with E-state index in [1.54, 1.807) is 0 Å². The van der Waals surface area contributed by atoms with Gasteiger partial charge in [-0.3, -0.25) is 10.2 Å². The van der Waals surface area contributed by atoms with Crippen LogP contribution in [0.15, 0.2) is 30.3 Å². The molecule has 1 aliphatic heterocycles. The van der Waals surface area contributed by atoms with Crippen LogP contribution in [0, 0.1) is 11.8 Å². The number of rotatable bonds is 7. The smallest absolute Gasteiger partial charge is 0.133 e. The van der Waals surface area contributed by atoms with Gasteiger partial charge in [0.05, 0.1) is 6.61 Å². The van der Waals surface area contributed by atoms with E-state index in [-0.39, 0.29) is 0 Å². The molecule has 2 aliphatic rings. The third kappa shape index (κ3) is 3.15. The first-order chi connectivity index (χ1) is 9.38. The molecule has 0 amide bonds. The molecule has 1 heterocycles. The molecular formula is C15H22N2O2. The first kappa shape index (κ1) is 13.1. The Morgan fingerprint density at radius 1 is 1.16 bits per heavy atom. The Labute approximate surface area is 114 Å². The van der Waals surface area contributed by atoms with Crippen LogP contribution in [-0.2, 0) is 16.3 Å². The van der Waals surface area contributed by atoms with Crippen molar-refractivity contribution >= 4 is 0 Å². The molecule has 1 aromatic carbocycles. The van der Waals surface area contributed by atoms with Gasteiger partial charge in [0.2, 0.25) is 0 Å². The van der Waals surface area contributed by atoms with Crippen molar-refractivity contribution in [3.8, 4) is 0 Å². The van der Waals surface area contributed by atoms with Gasteiger partial charge in [0, 0.05) is 25.7 Å². The summed E-state index contributed by atoms with van der Waals surface area (Å²) in [5.74, 6) is 1.60. The zero-order valence-corrected chi connectivity index (χ0v) is 11.4. The summed E-state index contributed by atoms with van der Waals surface area (Å²) in [4.78, 5) is 12.4. The summed E-state index contributed by atoms with van der Waals surface area (Å²) in [6.07, 6.45) is 0. The summed E-state index contributed by atoms with van der Waals surface area (Å²) in [5, 5.41) is 3.40. The fourth-order valence-electron chi connectivity index (χ4n) is 3.14. The summed E-state index contributed by atoms with van der Waals surface area (Å²) in [7, 11) is 0. The van der Waals surface area contributed by atoms with Crippen LogP contribution in [0.3, 0.4) is 0 Å². The van der Waals surface area contributed by atoms with E-state index in [2.05, 4.69) is 40.5 Å². The molecule has 0 bridgehead atoms. The van der Waals surface area contributed by atoms with Gasteiger partial charge in [-0.25, -0.2) is 9.78 Å². The van der Waals surface area contributed by atoms with Crippen LogP contribution < -0.4 is 5.32 Å². The summed E-state index contributed by atoms with van der Waals surface area (Å²) in [6, 6.07) is 11.3. The molecule has 1 saturated heterocycles. The summed E-state index contributed by atoms with van der Waals surface area (Å²) < 4.78 is 0. The van der Waals surface area contributed by atoms with E-state index < -0.39 is 0 Å².